The number of rotatable bonds is 4. The number of amides is 1. The summed E-state index contributed by atoms with van der Waals surface area (Å²) in [6, 6.07) is 0. The standard InChI is InChI=1S/C15H20N4O2S/c1-9-13(7-17-19(9)3)14-12(4-5-21-14)15(20)16-6-11-8-22-10(2)18-11/h7-8,12,14H,4-6H2,1-3H3,(H,16,20)/t12-,14-/m0/s1. The van der Waals surface area contributed by atoms with E-state index in [1.54, 1.807) is 17.5 Å². The molecule has 2 aromatic rings. The number of aromatic nitrogens is 3. The van der Waals surface area contributed by atoms with Gasteiger partial charge in [0, 0.05) is 30.3 Å². The lowest BCUT2D eigenvalue weighted by molar-refractivity contribution is -0.127. The molecule has 22 heavy (non-hydrogen) atoms. The van der Waals surface area contributed by atoms with Crippen LogP contribution in [0, 0.1) is 19.8 Å². The summed E-state index contributed by atoms with van der Waals surface area (Å²) in [6.45, 7) is 5.03. The van der Waals surface area contributed by atoms with Crippen molar-refractivity contribution in [2.75, 3.05) is 6.61 Å². The lowest BCUT2D eigenvalue weighted by atomic mass is 9.95. The number of hydrogen-bond acceptors (Lipinski definition) is 5. The Morgan fingerprint density at radius 1 is 1.55 bits per heavy atom. The molecule has 1 N–H and O–H groups in total. The number of aryl methyl sites for hydroxylation is 2. The Morgan fingerprint density at radius 2 is 2.36 bits per heavy atom. The van der Waals surface area contributed by atoms with Crippen LogP contribution in [0.1, 0.15) is 34.5 Å². The number of thiazole rings is 1. The third-order valence-electron chi connectivity index (χ3n) is 4.12. The van der Waals surface area contributed by atoms with Crippen LogP contribution in [0.25, 0.3) is 0 Å². The highest BCUT2D eigenvalue weighted by molar-refractivity contribution is 7.09. The van der Waals surface area contributed by atoms with Gasteiger partial charge in [-0.25, -0.2) is 4.98 Å². The molecule has 1 aliphatic heterocycles. The minimum Gasteiger partial charge on any atom is -0.373 e. The molecule has 1 aliphatic rings. The first-order valence-electron chi connectivity index (χ1n) is 7.35. The molecule has 7 heteroatoms. The SMILES string of the molecule is Cc1nc(CNC(=O)[C@H]2CCO[C@@H]2c2cnn(C)c2C)cs1. The first-order chi connectivity index (χ1) is 10.6. The maximum absolute atomic E-state index is 12.5. The topological polar surface area (TPSA) is 69.0 Å². The summed E-state index contributed by atoms with van der Waals surface area (Å²) in [5, 5.41) is 10.2. The van der Waals surface area contributed by atoms with Crippen LogP contribution in [0.15, 0.2) is 11.6 Å². The molecule has 118 valence electrons. The first-order valence-corrected chi connectivity index (χ1v) is 8.23. The maximum Gasteiger partial charge on any atom is 0.226 e. The summed E-state index contributed by atoms with van der Waals surface area (Å²) in [5.41, 5.74) is 2.95. The molecule has 1 saturated heterocycles. The summed E-state index contributed by atoms with van der Waals surface area (Å²) < 4.78 is 7.60. The zero-order chi connectivity index (χ0) is 15.7. The van der Waals surface area contributed by atoms with Crippen molar-refractivity contribution in [2.45, 2.75) is 32.9 Å². The molecule has 0 saturated carbocycles. The largest absolute Gasteiger partial charge is 0.373 e. The Kier molecular flexibility index (Phi) is 4.26. The normalized spacial score (nSPS) is 21.2. The molecule has 3 rings (SSSR count). The molecule has 2 atom stereocenters. The van der Waals surface area contributed by atoms with Gasteiger partial charge < -0.3 is 10.1 Å². The number of nitrogens with zero attached hydrogens (tertiary/aromatic N) is 3. The second kappa shape index (κ2) is 6.18. The molecule has 0 radical (unpaired) electrons. The summed E-state index contributed by atoms with van der Waals surface area (Å²) in [4.78, 5) is 16.8. The number of ether oxygens (including phenoxy) is 1. The van der Waals surface area contributed by atoms with Gasteiger partial charge in [-0.05, 0) is 20.3 Å². The molecular formula is C15H20N4O2S. The maximum atomic E-state index is 12.5. The molecule has 0 unspecified atom stereocenters. The highest BCUT2D eigenvalue weighted by Crippen LogP contribution is 2.36. The van der Waals surface area contributed by atoms with Crippen LogP contribution in [0.2, 0.25) is 0 Å². The smallest absolute Gasteiger partial charge is 0.226 e. The van der Waals surface area contributed by atoms with Crippen LogP contribution < -0.4 is 5.32 Å². The lowest BCUT2D eigenvalue weighted by Gasteiger charge is -2.17. The van der Waals surface area contributed by atoms with Gasteiger partial charge in [-0.2, -0.15) is 5.10 Å². The van der Waals surface area contributed by atoms with Crippen LogP contribution in [-0.4, -0.2) is 27.3 Å². The lowest BCUT2D eigenvalue weighted by Crippen LogP contribution is -2.32. The summed E-state index contributed by atoms with van der Waals surface area (Å²) in [7, 11) is 1.90. The molecular weight excluding hydrogens is 300 g/mol. The van der Waals surface area contributed by atoms with E-state index in [0.717, 1.165) is 28.4 Å². The fraction of sp³-hybridized carbons (Fsp3) is 0.533. The van der Waals surface area contributed by atoms with E-state index in [9.17, 15) is 4.79 Å². The first kappa shape index (κ1) is 15.2. The molecule has 0 spiro atoms. The Morgan fingerprint density at radius 3 is 3.00 bits per heavy atom. The average molecular weight is 320 g/mol. The van der Waals surface area contributed by atoms with Crippen molar-refractivity contribution >= 4 is 17.2 Å². The Hall–Kier alpha value is -1.73. The van der Waals surface area contributed by atoms with Gasteiger partial charge in [-0.3, -0.25) is 9.48 Å². The molecule has 0 bridgehead atoms. The summed E-state index contributed by atoms with van der Waals surface area (Å²) >= 11 is 1.59. The number of carbonyl (C=O) groups is 1. The van der Waals surface area contributed by atoms with E-state index in [1.165, 1.54) is 0 Å². The summed E-state index contributed by atoms with van der Waals surface area (Å²) in [5.74, 6) is -0.140. The van der Waals surface area contributed by atoms with Gasteiger partial charge in [0.05, 0.1) is 35.5 Å². The van der Waals surface area contributed by atoms with Gasteiger partial charge in [0.1, 0.15) is 0 Å². The van der Waals surface area contributed by atoms with Gasteiger partial charge in [-0.1, -0.05) is 0 Å². The van der Waals surface area contributed by atoms with Crippen molar-refractivity contribution in [1.82, 2.24) is 20.1 Å². The molecule has 0 aliphatic carbocycles. The number of nitrogens with one attached hydrogen (secondary N) is 1. The zero-order valence-electron chi connectivity index (χ0n) is 13.0. The molecule has 3 heterocycles. The van der Waals surface area contributed by atoms with Crippen molar-refractivity contribution in [1.29, 1.82) is 0 Å². The van der Waals surface area contributed by atoms with Crippen molar-refractivity contribution in [3.63, 3.8) is 0 Å². The van der Waals surface area contributed by atoms with Crippen molar-refractivity contribution in [2.24, 2.45) is 13.0 Å². The van der Waals surface area contributed by atoms with Crippen molar-refractivity contribution < 1.29 is 9.53 Å². The monoisotopic (exact) mass is 320 g/mol. The Bertz CT molecular complexity index is 679. The third-order valence-corrected chi connectivity index (χ3v) is 4.94. The van der Waals surface area contributed by atoms with E-state index in [0.29, 0.717) is 13.2 Å². The average Bonchev–Trinajstić information content (AvgIpc) is 3.19. The van der Waals surface area contributed by atoms with Crippen LogP contribution in [0.5, 0.6) is 0 Å². The van der Waals surface area contributed by atoms with E-state index in [1.807, 2.05) is 31.0 Å². The van der Waals surface area contributed by atoms with E-state index in [4.69, 9.17) is 4.74 Å². The predicted molar refractivity (Wildman–Crippen MR) is 83.4 cm³/mol. The number of hydrogen-bond donors (Lipinski definition) is 1. The van der Waals surface area contributed by atoms with Crippen LogP contribution in [0.4, 0.5) is 0 Å². The minimum atomic E-state index is -0.203. The third kappa shape index (κ3) is 2.91. The predicted octanol–water partition coefficient (Wildman–Crippen LogP) is 1.89. The van der Waals surface area contributed by atoms with Crippen molar-refractivity contribution in [3.05, 3.63) is 33.5 Å². The molecule has 1 amide bonds. The van der Waals surface area contributed by atoms with Crippen LogP contribution >= 0.6 is 11.3 Å². The highest BCUT2D eigenvalue weighted by Gasteiger charge is 2.36. The Labute approximate surface area is 133 Å². The van der Waals surface area contributed by atoms with E-state index < -0.39 is 0 Å². The second-order valence-corrected chi connectivity index (χ2v) is 6.63. The number of carbonyl (C=O) groups excluding carboxylic acids is 1. The molecule has 1 fully saturated rings. The van der Waals surface area contributed by atoms with Crippen LogP contribution in [0.3, 0.4) is 0 Å². The van der Waals surface area contributed by atoms with E-state index in [-0.39, 0.29) is 17.9 Å². The zero-order valence-corrected chi connectivity index (χ0v) is 13.8. The van der Waals surface area contributed by atoms with E-state index in [2.05, 4.69) is 15.4 Å². The molecule has 2 aromatic heterocycles. The summed E-state index contributed by atoms with van der Waals surface area (Å²) in [6.07, 6.45) is 2.34. The Balaban J connectivity index is 1.67. The molecule has 6 nitrogen and oxygen atoms in total. The van der Waals surface area contributed by atoms with Gasteiger partial charge in [0.15, 0.2) is 0 Å². The van der Waals surface area contributed by atoms with Gasteiger partial charge in [-0.15, -0.1) is 11.3 Å². The van der Waals surface area contributed by atoms with Gasteiger partial charge in [0.25, 0.3) is 0 Å². The highest BCUT2D eigenvalue weighted by atomic mass is 32.1. The fourth-order valence-corrected chi connectivity index (χ4v) is 3.37. The van der Waals surface area contributed by atoms with E-state index >= 15 is 0 Å². The second-order valence-electron chi connectivity index (χ2n) is 5.57. The minimum absolute atomic E-state index is 0.0245. The van der Waals surface area contributed by atoms with Crippen molar-refractivity contribution in [3.8, 4) is 0 Å². The quantitative estimate of drug-likeness (QED) is 0.934. The van der Waals surface area contributed by atoms with Crippen LogP contribution in [-0.2, 0) is 23.1 Å². The van der Waals surface area contributed by atoms with Gasteiger partial charge in [0.2, 0.25) is 5.91 Å². The molecule has 0 aromatic carbocycles. The van der Waals surface area contributed by atoms with Gasteiger partial charge >= 0.3 is 0 Å². The fourth-order valence-electron chi connectivity index (χ4n) is 2.76.